The van der Waals surface area contributed by atoms with E-state index in [0.717, 1.165) is 0 Å². The summed E-state index contributed by atoms with van der Waals surface area (Å²) in [6, 6.07) is 7.44. The molecule has 78 valence electrons. The van der Waals surface area contributed by atoms with Crippen molar-refractivity contribution in [2.45, 2.75) is 0 Å². The van der Waals surface area contributed by atoms with Crippen molar-refractivity contribution >= 4 is 17.5 Å². The lowest BCUT2D eigenvalue weighted by Crippen LogP contribution is -2.02. The summed E-state index contributed by atoms with van der Waals surface area (Å²) in [5.41, 5.74) is 6.34. The van der Waals surface area contributed by atoms with E-state index in [1.54, 1.807) is 12.1 Å². The number of halogens is 1. The van der Waals surface area contributed by atoms with Crippen molar-refractivity contribution in [3.8, 4) is 11.7 Å². The van der Waals surface area contributed by atoms with E-state index < -0.39 is 0 Å². The number of aromatic nitrogens is 3. The van der Waals surface area contributed by atoms with Gasteiger partial charge in [-0.05, 0) is 12.1 Å². The van der Waals surface area contributed by atoms with Gasteiger partial charge in [0.25, 0.3) is 0 Å². The molecule has 1 heterocycles. The lowest BCUT2D eigenvalue weighted by Gasteiger charge is -2.03. The van der Waals surface area contributed by atoms with Gasteiger partial charge in [0.2, 0.25) is 5.95 Å². The number of nitrogen functional groups attached to an aromatic ring is 1. The Kier molecular flexibility index (Phi) is 2.47. The number of hydrogen-bond donors (Lipinski definition) is 1. The number of methoxy groups -OCH3 is 1. The highest BCUT2D eigenvalue weighted by molar-refractivity contribution is 6.32. The van der Waals surface area contributed by atoms with Gasteiger partial charge in [0, 0.05) is 0 Å². The summed E-state index contributed by atoms with van der Waals surface area (Å²) in [4.78, 5) is 3.90. The molecule has 0 saturated heterocycles. The zero-order chi connectivity index (χ0) is 10.8. The number of anilines is 1. The van der Waals surface area contributed by atoms with E-state index in [9.17, 15) is 0 Å². The molecule has 0 aliphatic carbocycles. The Balaban J connectivity index is 2.54. The van der Waals surface area contributed by atoms with Crippen molar-refractivity contribution in [3.05, 3.63) is 29.3 Å². The van der Waals surface area contributed by atoms with E-state index in [0.29, 0.717) is 10.7 Å². The van der Waals surface area contributed by atoms with Crippen LogP contribution in [-0.2, 0) is 0 Å². The van der Waals surface area contributed by atoms with Gasteiger partial charge in [0.15, 0.2) is 0 Å². The Morgan fingerprint density at radius 2 is 2.13 bits per heavy atom. The first kappa shape index (κ1) is 9.79. The zero-order valence-electron chi connectivity index (χ0n) is 8.01. The van der Waals surface area contributed by atoms with Crippen LogP contribution in [0.3, 0.4) is 0 Å². The molecule has 2 N–H and O–H groups in total. The summed E-state index contributed by atoms with van der Waals surface area (Å²) in [7, 11) is 1.48. The molecule has 1 aromatic heterocycles. The standard InChI is InChI=1S/C9H9ClN4O/c1-15-9-12-8(11)14(13-9)7-5-3-2-4-6(7)10/h2-5H,1H3,(H2,11,12,13). The summed E-state index contributed by atoms with van der Waals surface area (Å²) in [6.45, 7) is 0. The van der Waals surface area contributed by atoms with Gasteiger partial charge >= 0.3 is 6.01 Å². The van der Waals surface area contributed by atoms with Crippen molar-refractivity contribution in [1.82, 2.24) is 14.8 Å². The summed E-state index contributed by atoms with van der Waals surface area (Å²) in [6.07, 6.45) is 0. The maximum atomic E-state index is 6.00. The Labute approximate surface area is 91.4 Å². The van der Waals surface area contributed by atoms with Crippen LogP contribution in [0.4, 0.5) is 5.95 Å². The smallest absolute Gasteiger partial charge is 0.337 e. The van der Waals surface area contributed by atoms with Crippen LogP contribution in [0.15, 0.2) is 24.3 Å². The fourth-order valence-electron chi connectivity index (χ4n) is 1.19. The predicted octanol–water partition coefficient (Wildman–Crippen LogP) is 1.51. The highest BCUT2D eigenvalue weighted by atomic mass is 35.5. The number of ether oxygens (including phenoxy) is 1. The highest BCUT2D eigenvalue weighted by Crippen LogP contribution is 2.22. The SMILES string of the molecule is COc1nc(N)n(-c2ccccc2Cl)n1. The zero-order valence-corrected chi connectivity index (χ0v) is 8.77. The average Bonchev–Trinajstić information content (AvgIpc) is 2.60. The number of para-hydroxylation sites is 1. The molecule has 1 aromatic carbocycles. The van der Waals surface area contributed by atoms with Gasteiger partial charge in [-0.1, -0.05) is 23.7 Å². The minimum absolute atomic E-state index is 0.215. The fourth-order valence-corrected chi connectivity index (χ4v) is 1.41. The van der Waals surface area contributed by atoms with Crippen LogP contribution in [0.2, 0.25) is 5.02 Å². The van der Waals surface area contributed by atoms with Gasteiger partial charge in [-0.3, -0.25) is 0 Å². The Morgan fingerprint density at radius 1 is 1.40 bits per heavy atom. The molecule has 0 atom stereocenters. The molecule has 0 amide bonds. The quantitative estimate of drug-likeness (QED) is 0.840. The Bertz CT molecular complexity index is 483. The van der Waals surface area contributed by atoms with Gasteiger partial charge in [0.1, 0.15) is 0 Å². The molecule has 0 bridgehead atoms. The first-order valence-corrected chi connectivity index (χ1v) is 4.61. The molecule has 2 rings (SSSR count). The van der Waals surface area contributed by atoms with Gasteiger partial charge in [-0.25, -0.2) is 0 Å². The Morgan fingerprint density at radius 3 is 2.73 bits per heavy atom. The number of nitrogens with two attached hydrogens (primary N) is 1. The highest BCUT2D eigenvalue weighted by Gasteiger charge is 2.10. The van der Waals surface area contributed by atoms with E-state index >= 15 is 0 Å². The minimum Gasteiger partial charge on any atom is -0.466 e. The van der Waals surface area contributed by atoms with E-state index in [1.165, 1.54) is 11.8 Å². The van der Waals surface area contributed by atoms with Gasteiger partial charge in [0.05, 0.1) is 17.8 Å². The lowest BCUT2D eigenvalue weighted by atomic mass is 10.3. The predicted molar refractivity (Wildman–Crippen MR) is 57.3 cm³/mol. The molecular formula is C9H9ClN4O. The average molecular weight is 225 g/mol. The monoisotopic (exact) mass is 224 g/mol. The van der Waals surface area contributed by atoms with Crippen LogP contribution >= 0.6 is 11.6 Å². The van der Waals surface area contributed by atoms with Crippen molar-refractivity contribution in [2.24, 2.45) is 0 Å². The molecule has 0 saturated carbocycles. The summed E-state index contributed by atoms with van der Waals surface area (Å²) in [5, 5.41) is 4.59. The second-order valence-corrected chi connectivity index (χ2v) is 3.23. The van der Waals surface area contributed by atoms with Gasteiger partial charge in [-0.15, -0.1) is 5.10 Å². The first-order valence-electron chi connectivity index (χ1n) is 4.24. The molecule has 0 spiro atoms. The van der Waals surface area contributed by atoms with E-state index in [1.807, 2.05) is 12.1 Å². The third kappa shape index (κ3) is 1.73. The second-order valence-electron chi connectivity index (χ2n) is 2.82. The lowest BCUT2D eigenvalue weighted by molar-refractivity contribution is 0.380. The number of benzene rings is 1. The normalized spacial score (nSPS) is 10.3. The van der Waals surface area contributed by atoms with Gasteiger partial charge in [-0.2, -0.15) is 9.67 Å². The van der Waals surface area contributed by atoms with Crippen LogP contribution < -0.4 is 10.5 Å². The molecule has 0 radical (unpaired) electrons. The van der Waals surface area contributed by atoms with Crippen molar-refractivity contribution in [1.29, 1.82) is 0 Å². The molecular weight excluding hydrogens is 216 g/mol. The maximum absolute atomic E-state index is 6.00. The first-order chi connectivity index (χ1) is 7.22. The summed E-state index contributed by atoms with van der Waals surface area (Å²) >= 11 is 6.00. The van der Waals surface area contributed by atoms with Crippen LogP contribution in [0, 0.1) is 0 Å². The molecule has 2 aromatic rings. The minimum atomic E-state index is 0.215. The van der Waals surface area contributed by atoms with Gasteiger partial charge < -0.3 is 10.5 Å². The van der Waals surface area contributed by atoms with Crippen LogP contribution in [-0.4, -0.2) is 21.9 Å². The van der Waals surface area contributed by atoms with Crippen molar-refractivity contribution < 1.29 is 4.74 Å². The second kappa shape index (κ2) is 3.78. The molecule has 15 heavy (non-hydrogen) atoms. The van der Waals surface area contributed by atoms with E-state index in [2.05, 4.69) is 10.1 Å². The molecule has 0 aliphatic rings. The number of nitrogens with zero attached hydrogens (tertiary/aromatic N) is 3. The summed E-state index contributed by atoms with van der Waals surface area (Å²) < 4.78 is 6.30. The maximum Gasteiger partial charge on any atom is 0.337 e. The number of rotatable bonds is 2. The molecule has 5 nitrogen and oxygen atoms in total. The molecule has 0 fully saturated rings. The largest absolute Gasteiger partial charge is 0.466 e. The molecule has 0 unspecified atom stereocenters. The van der Waals surface area contributed by atoms with Crippen LogP contribution in [0.25, 0.3) is 5.69 Å². The topological polar surface area (TPSA) is 66.0 Å². The molecule has 6 heteroatoms. The fraction of sp³-hybridized carbons (Fsp3) is 0.111. The van der Waals surface area contributed by atoms with E-state index in [4.69, 9.17) is 22.1 Å². The Hall–Kier alpha value is -1.75. The van der Waals surface area contributed by atoms with Crippen molar-refractivity contribution in [2.75, 3.05) is 12.8 Å². The van der Waals surface area contributed by atoms with E-state index in [-0.39, 0.29) is 12.0 Å². The molecule has 0 aliphatic heterocycles. The van der Waals surface area contributed by atoms with Crippen LogP contribution in [0.1, 0.15) is 0 Å². The summed E-state index contributed by atoms with van der Waals surface area (Å²) in [5.74, 6) is 0.236. The van der Waals surface area contributed by atoms with Crippen molar-refractivity contribution in [3.63, 3.8) is 0 Å². The third-order valence-corrected chi connectivity index (χ3v) is 2.20. The van der Waals surface area contributed by atoms with Crippen LogP contribution in [0.5, 0.6) is 6.01 Å². The number of hydrogen-bond acceptors (Lipinski definition) is 4. The third-order valence-electron chi connectivity index (χ3n) is 1.88.